The lowest BCUT2D eigenvalue weighted by atomic mass is 9.97. The van der Waals surface area contributed by atoms with Gasteiger partial charge in [0.2, 0.25) is 0 Å². The summed E-state index contributed by atoms with van der Waals surface area (Å²) in [6.45, 7) is 2.03. The fourth-order valence-corrected chi connectivity index (χ4v) is 2.02. The van der Waals surface area contributed by atoms with Crippen molar-refractivity contribution in [3.63, 3.8) is 0 Å². The second-order valence-electron chi connectivity index (χ2n) is 4.37. The van der Waals surface area contributed by atoms with Crippen LogP contribution in [0.3, 0.4) is 0 Å². The molecule has 19 heavy (non-hydrogen) atoms. The van der Waals surface area contributed by atoms with Crippen molar-refractivity contribution in [1.82, 2.24) is 9.97 Å². The van der Waals surface area contributed by atoms with Gasteiger partial charge in [0.25, 0.3) is 0 Å². The van der Waals surface area contributed by atoms with Crippen LogP contribution in [0.1, 0.15) is 16.9 Å². The molecule has 0 aliphatic carbocycles. The number of rotatable bonds is 5. The van der Waals surface area contributed by atoms with Crippen LogP contribution >= 0.6 is 0 Å². The van der Waals surface area contributed by atoms with Gasteiger partial charge in [-0.2, -0.15) is 0 Å². The number of nitrogens with one attached hydrogen (secondary N) is 1. The number of hydrogen-bond donors (Lipinski definition) is 2. The number of anilines is 1. The number of carboxylic acids is 1. The molecule has 0 bridgehead atoms. The fraction of sp³-hybridized carbons (Fsp3) is 0.583. The van der Waals surface area contributed by atoms with Crippen LogP contribution in [0, 0.1) is 5.92 Å². The van der Waals surface area contributed by atoms with Crippen molar-refractivity contribution < 1.29 is 19.4 Å². The molecule has 2 rings (SSSR count). The first-order valence-electron chi connectivity index (χ1n) is 6.10. The first kappa shape index (κ1) is 13.7. The Morgan fingerprint density at radius 2 is 2.42 bits per heavy atom. The molecule has 0 aromatic carbocycles. The summed E-state index contributed by atoms with van der Waals surface area (Å²) in [4.78, 5) is 18.5. The summed E-state index contributed by atoms with van der Waals surface area (Å²) >= 11 is 0. The van der Waals surface area contributed by atoms with E-state index in [9.17, 15) is 4.79 Å². The molecule has 1 aliphatic heterocycles. The first-order chi connectivity index (χ1) is 9.20. The molecule has 1 saturated heterocycles. The van der Waals surface area contributed by atoms with E-state index in [0.717, 1.165) is 13.0 Å². The molecule has 1 fully saturated rings. The molecule has 2 heterocycles. The summed E-state index contributed by atoms with van der Waals surface area (Å²) in [6.07, 6.45) is 3.66. The van der Waals surface area contributed by atoms with E-state index < -0.39 is 5.97 Å². The van der Waals surface area contributed by atoms with E-state index in [-0.39, 0.29) is 11.8 Å². The average Bonchev–Trinajstić information content (AvgIpc) is 2.45. The molecule has 0 spiro atoms. The molecule has 1 aromatic heterocycles. The van der Waals surface area contributed by atoms with Gasteiger partial charge in [-0.1, -0.05) is 0 Å². The maximum atomic E-state index is 10.6. The van der Waals surface area contributed by atoms with Gasteiger partial charge >= 0.3 is 5.97 Å². The number of carboxylic acid groups (broad SMARTS) is 1. The lowest BCUT2D eigenvalue weighted by Gasteiger charge is -2.30. The molecule has 2 unspecified atom stereocenters. The van der Waals surface area contributed by atoms with Crippen LogP contribution in [0.4, 0.5) is 5.82 Å². The number of carbonyl (C=O) groups is 1. The first-order valence-corrected chi connectivity index (χ1v) is 6.10. The van der Waals surface area contributed by atoms with E-state index in [1.165, 1.54) is 12.4 Å². The quantitative estimate of drug-likeness (QED) is 0.808. The van der Waals surface area contributed by atoms with E-state index in [2.05, 4.69) is 15.3 Å². The van der Waals surface area contributed by atoms with E-state index in [0.29, 0.717) is 24.9 Å². The Morgan fingerprint density at radius 1 is 1.58 bits per heavy atom. The van der Waals surface area contributed by atoms with Gasteiger partial charge in [0.1, 0.15) is 5.82 Å². The third kappa shape index (κ3) is 3.62. The van der Waals surface area contributed by atoms with Gasteiger partial charge in [-0.25, -0.2) is 14.8 Å². The summed E-state index contributed by atoms with van der Waals surface area (Å²) in [5.41, 5.74) is -0.0635. The smallest absolute Gasteiger partial charge is 0.356 e. The highest BCUT2D eigenvalue weighted by atomic mass is 16.5. The van der Waals surface area contributed by atoms with E-state index in [1.807, 2.05) is 0 Å². The Balaban J connectivity index is 1.88. The summed E-state index contributed by atoms with van der Waals surface area (Å²) < 4.78 is 10.7. The Bertz CT molecular complexity index is 423. The SMILES string of the molecule is COC1COCCC1CNc1cnc(C(=O)O)cn1. The van der Waals surface area contributed by atoms with E-state index in [1.54, 1.807) is 7.11 Å². The Labute approximate surface area is 111 Å². The molecule has 104 valence electrons. The fourth-order valence-electron chi connectivity index (χ4n) is 2.02. The zero-order valence-corrected chi connectivity index (χ0v) is 10.7. The van der Waals surface area contributed by atoms with Crippen LogP contribution in [0.5, 0.6) is 0 Å². The highest BCUT2D eigenvalue weighted by molar-refractivity contribution is 5.84. The van der Waals surface area contributed by atoms with Crippen molar-refractivity contribution in [2.75, 3.05) is 32.2 Å². The third-order valence-corrected chi connectivity index (χ3v) is 3.16. The Kier molecular flexibility index (Phi) is 4.64. The molecule has 0 saturated carbocycles. The number of aromatic carboxylic acids is 1. The summed E-state index contributed by atoms with van der Waals surface area (Å²) in [5.74, 6) is -0.172. The zero-order valence-electron chi connectivity index (χ0n) is 10.7. The molecular weight excluding hydrogens is 250 g/mol. The monoisotopic (exact) mass is 267 g/mol. The van der Waals surface area contributed by atoms with Gasteiger partial charge in [-0.15, -0.1) is 0 Å². The van der Waals surface area contributed by atoms with Crippen molar-refractivity contribution in [2.45, 2.75) is 12.5 Å². The van der Waals surface area contributed by atoms with Crippen LogP contribution in [-0.2, 0) is 9.47 Å². The predicted octanol–water partition coefficient (Wildman–Crippen LogP) is 0.638. The van der Waals surface area contributed by atoms with Gasteiger partial charge in [-0.05, 0) is 6.42 Å². The normalized spacial score (nSPS) is 23.0. The van der Waals surface area contributed by atoms with Gasteiger partial charge < -0.3 is 19.9 Å². The minimum atomic E-state index is -1.08. The number of methoxy groups -OCH3 is 1. The maximum Gasteiger partial charge on any atom is 0.356 e. The molecule has 2 N–H and O–H groups in total. The van der Waals surface area contributed by atoms with Crippen LogP contribution in [0.25, 0.3) is 0 Å². The largest absolute Gasteiger partial charge is 0.476 e. The lowest BCUT2D eigenvalue weighted by Crippen LogP contribution is -2.37. The van der Waals surface area contributed by atoms with Crippen LogP contribution < -0.4 is 5.32 Å². The van der Waals surface area contributed by atoms with Crippen molar-refractivity contribution >= 4 is 11.8 Å². The number of nitrogens with zero attached hydrogens (tertiary/aromatic N) is 2. The van der Waals surface area contributed by atoms with Crippen LogP contribution in [-0.4, -0.2) is 54.0 Å². The lowest BCUT2D eigenvalue weighted by molar-refractivity contribution is -0.0615. The second kappa shape index (κ2) is 6.44. The third-order valence-electron chi connectivity index (χ3n) is 3.16. The molecule has 0 radical (unpaired) electrons. The van der Waals surface area contributed by atoms with Crippen LogP contribution in [0.15, 0.2) is 12.4 Å². The van der Waals surface area contributed by atoms with Crippen molar-refractivity contribution in [3.05, 3.63) is 18.1 Å². The van der Waals surface area contributed by atoms with Gasteiger partial charge in [-0.3, -0.25) is 0 Å². The number of aromatic nitrogens is 2. The van der Waals surface area contributed by atoms with Gasteiger partial charge in [0.05, 0.1) is 25.1 Å². The Morgan fingerprint density at radius 3 is 3.05 bits per heavy atom. The molecule has 1 aromatic rings. The maximum absolute atomic E-state index is 10.6. The summed E-state index contributed by atoms with van der Waals surface area (Å²) in [7, 11) is 1.67. The van der Waals surface area contributed by atoms with E-state index in [4.69, 9.17) is 14.6 Å². The van der Waals surface area contributed by atoms with Crippen molar-refractivity contribution in [1.29, 1.82) is 0 Å². The standard InChI is InChI=1S/C12H17N3O4/c1-18-10-7-19-3-2-8(10)4-14-11-6-13-9(5-15-11)12(16)17/h5-6,8,10H,2-4,7H2,1H3,(H,14,15)(H,16,17). The van der Waals surface area contributed by atoms with Crippen LogP contribution in [0.2, 0.25) is 0 Å². The number of hydrogen-bond acceptors (Lipinski definition) is 6. The molecule has 1 aliphatic rings. The van der Waals surface area contributed by atoms with Gasteiger partial charge in [0.15, 0.2) is 5.69 Å². The average molecular weight is 267 g/mol. The molecule has 2 atom stereocenters. The molecule has 7 heteroatoms. The second-order valence-corrected chi connectivity index (χ2v) is 4.37. The minimum Gasteiger partial charge on any atom is -0.476 e. The molecule has 0 amide bonds. The topological polar surface area (TPSA) is 93.6 Å². The van der Waals surface area contributed by atoms with Crippen molar-refractivity contribution in [3.8, 4) is 0 Å². The summed E-state index contributed by atoms with van der Waals surface area (Å²) in [5, 5.41) is 11.9. The number of ether oxygens (including phenoxy) is 2. The Hall–Kier alpha value is -1.73. The highest BCUT2D eigenvalue weighted by Gasteiger charge is 2.25. The van der Waals surface area contributed by atoms with E-state index >= 15 is 0 Å². The molecule has 7 nitrogen and oxygen atoms in total. The van der Waals surface area contributed by atoms with Crippen molar-refractivity contribution in [2.24, 2.45) is 5.92 Å². The van der Waals surface area contributed by atoms with Gasteiger partial charge in [0, 0.05) is 26.2 Å². The predicted molar refractivity (Wildman–Crippen MR) is 67.2 cm³/mol. The zero-order chi connectivity index (χ0) is 13.7. The summed E-state index contributed by atoms with van der Waals surface area (Å²) in [6, 6.07) is 0. The molecular formula is C12H17N3O4. The minimum absolute atomic E-state index is 0.0635. The highest BCUT2D eigenvalue weighted by Crippen LogP contribution is 2.18.